The highest BCUT2D eigenvalue weighted by Gasteiger charge is 2.22. The molecule has 1 N–H and O–H groups in total. The standard InChI is InChI=1S/C16H16FN3O2/c17-13-3-1-11(2-4-13)15(21)5-6-16(22)20-8-7-14-12(10-20)9-18-19-14/h1-4,9H,5-8,10H2,(H,18,19). The number of hydrogen-bond acceptors (Lipinski definition) is 3. The molecule has 0 spiro atoms. The Bertz CT molecular complexity index is 694. The van der Waals surface area contributed by atoms with Gasteiger partial charge in [0.25, 0.3) is 0 Å². The molecule has 0 saturated heterocycles. The van der Waals surface area contributed by atoms with E-state index in [1.165, 1.54) is 24.3 Å². The van der Waals surface area contributed by atoms with Gasteiger partial charge in [-0.2, -0.15) is 5.10 Å². The Morgan fingerprint density at radius 2 is 2.00 bits per heavy atom. The molecule has 0 atom stereocenters. The van der Waals surface area contributed by atoms with Crippen molar-refractivity contribution < 1.29 is 14.0 Å². The summed E-state index contributed by atoms with van der Waals surface area (Å²) in [6.07, 6.45) is 2.80. The second-order valence-electron chi connectivity index (χ2n) is 5.37. The number of benzene rings is 1. The summed E-state index contributed by atoms with van der Waals surface area (Å²) < 4.78 is 12.8. The molecule has 1 aliphatic rings. The molecule has 1 aromatic carbocycles. The van der Waals surface area contributed by atoms with Crippen LogP contribution >= 0.6 is 0 Å². The summed E-state index contributed by atoms with van der Waals surface area (Å²) in [6.45, 7) is 1.17. The highest BCUT2D eigenvalue weighted by Crippen LogP contribution is 2.17. The van der Waals surface area contributed by atoms with E-state index < -0.39 is 0 Å². The van der Waals surface area contributed by atoms with Crippen LogP contribution in [0.25, 0.3) is 0 Å². The second-order valence-corrected chi connectivity index (χ2v) is 5.37. The highest BCUT2D eigenvalue weighted by atomic mass is 19.1. The predicted octanol–water partition coefficient (Wildman–Crippen LogP) is 2.10. The van der Waals surface area contributed by atoms with Crippen molar-refractivity contribution in [2.75, 3.05) is 6.54 Å². The average Bonchev–Trinajstić information content (AvgIpc) is 3.00. The minimum absolute atomic E-state index is 0.0395. The molecule has 2 heterocycles. The van der Waals surface area contributed by atoms with Crippen molar-refractivity contribution in [1.29, 1.82) is 0 Å². The molecule has 0 unspecified atom stereocenters. The van der Waals surface area contributed by atoms with Gasteiger partial charge in [0.1, 0.15) is 5.82 Å². The number of fused-ring (bicyclic) bond motifs is 1. The third-order valence-electron chi connectivity index (χ3n) is 3.89. The Labute approximate surface area is 127 Å². The number of aromatic nitrogens is 2. The van der Waals surface area contributed by atoms with E-state index in [0.717, 1.165) is 17.7 Å². The summed E-state index contributed by atoms with van der Waals surface area (Å²) >= 11 is 0. The van der Waals surface area contributed by atoms with Crippen LogP contribution in [0.4, 0.5) is 4.39 Å². The van der Waals surface area contributed by atoms with Gasteiger partial charge in [-0.1, -0.05) is 0 Å². The molecule has 3 rings (SSSR count). The minimum Gasteiger partial charge on any atom is -0.338 e. The maximum absolute atomic E-state index is 12.8. The lowest BCUT2D eigenvalue weighted by atomic mass is 10.0. The topological polar surface area (TPSA) is 66.1 Å². The zero-order valence-corrected chi connectivity index (χ0v) is 12.0. The number of carbonyl (C=O) groups excluding carboxylic acids is 2. The van der Waals surface area contributed by atoms with Crippen molar-refractivity contribution in [3.63, 3.8) is 0 Å². The maximum Gasteiger partial charge on any atom is 0.223 e. The molecule has 1 aliphatic heterocycles. The number of nitrogens with zero attached hydrogens (tertiary/aromatic N) is 2. The monoisotopic (exact) mass is 301 g/mol. The van der Waals surface area contributed by atoms with Gasteiger partial charge in [-0.05, 0) is 24.3 Å². The maximum atomic E-state index is 12.8. The lowest BCUT2D eigenvalue weighted by Gasteiger charge is -2.26. The molecule has 0 bridgehead atoms. The first-order valence-electron chi connectivity index (χ1n) is 7.21. The summed E-state index contributed by atoms with van der Waals surface area (Å²) in [6, 6.07) is 5.39. The SMILES string of the molecule is O=C(CCC(=O)N1CCc2[nH]ncc2C1)c1ccc(F)cc1. The fourth-order valence-electron chi connectivity index (χ4n) is 2.59. The number of amides is 1. The number of rotatable bonds is 4. The van der Waals surface area contributed by atoms with Crippen LogP contribution in [0.3, 0.4) is 0 Å². The van der Waals surface area contributed by atoms with Crippen LogP contribution in [0.5, 0.6) is 0 Å². The van der Waals surface area contributed by atoms with E-state index >= 15 is 0 Å². The molecule has 0 radical (unpaired) electrons. The summed E-state index contributed by atoms with van der Waals surface area (Å²) in [5.74, 6) is -0.562. The van der Waals surface area contributed by atoms with Gasteiger partial charge >= 0.3 is 0 Å². The van der Waals surface area contributed by atoms with Gasteiger partial charge in [-0.15, -0.1) is 0 Å². The zero-order valence-electron chi connectivity index (χ0n) is 12.0. The molecular formula is C16H16FN3O2. The number of carbonyl (C=O) groups is 2. The Hall–Kier alpha value is -2.50. The fraction of sp³-hybridized carbons (Fsp3) is 0.312. The van der Waals surface area contributed by atoms with Crippen LogP contribution in [0.15, 0.2) is 30.5 Å². The summed E-state index contributed by atoms with van der Waals surface area (Å²) in [7, 11) is 0. The molecule has 6 heteroatoms. The minimum atomic E-state index is -0.378. The number of H-pyrrole nitrogens is 1. The number of hydrogen-bond donors (Lipinski definition) is 1. The van der Waals surface area contributed by atoms with Crippen LogP contribution in [0, 0.1) is 5.82 Å². The van der Waals surface area contributed by atoms with Gasteiger partial charge in [0.2, 0.25) is 5.91 Å². The van der Waals surface area contributed by atoms with E-state index in [2.05, 4.69) is 10.2 Å². The first-order chi connectivity index (χ1) is 10.6. The molecule has 114 valence electrons. The average molecular weight is 301 g/mol. The fourth-order valence-corrected chi connectivity index (χ4v) is 2.59. The van der Waals surface area contributed by atoms with Gasteiger partial charge in [-0.3, -0.25) is 14.7 Å². The van der Waals surface area contributed by atoms with Crippen LogP contribution in [-0.2, 0) is 17.8 Å². The number of Topliss-reactive ketones (excluding diaryl/α,β-unsaturated/α-hetero) is 1. The third-order valence-corrected chi connectivity index (χ3v) is 3.89. The molecular weight excluding hydrogens is 285 g/mol. The predicted molar refractivity (Wildman–Crippen MR) is 77.7 cm³/mol. The lowest BCUT2D eigenvalue weighted by molar-refractivity contribution is -0.132. The van der Waals surface area contributed by atoms with Crippen molar-refractivity contribution in [1.82, 2.24) is 15.1 Å². The van der Waals surface area contributed by atoms with Crippen LogP contribution in [0.1, 0.15) is 34.5 Å². The van der Waals surface area contributed by atoms with E-state index in [9.17, 15) is 14.0 Å². The van der Waals surface area contributed by atoms with Crippen LogP contribution in [-0.4, -0.2) is 33.3 Å². The van der Waals surface area contributed by atoms with Crippen molar-refractivity contribution in [2.24, 2.45) is 0 Å². The number of aromatic amines is 1. The van der Waals surface area contributed by atoms with Gasteiger partial charge in [0.15, 0.2) is 5.78 Å². The molecule has 0 saturated carbocycles. The van der Waals surface area contributed by atoms with E-state index in [-0.39, 0.29) is 30.3 Å². The Kier molecular flexibility index (Phi) is 4.00. The number of ketones is 1. The Morgan fingerprint density at radius 1 is 1.23 bits per heavy atom. The van der Waals surface area contributed by atoms with Gasteiger partial charge < -0.3 is 4.90 Å². The molecule has 2 aromatic rings. The van der Waals surface area contributed by atoms with E-state index in [1.54, 1.807) is 11.1 Å². The third kappa shape index (κ3) is 3.05. The number of halogens is 1. The molecule has 1 aromatic heterocycles. The van der Waals surface area contributed by atoms with Crippen molar-refractivity contribution in [2.45, 2.75) is 25.8 Å². The van der Waals surface area contributed by atoms with E-state index in [0.29, 0.717) is 18.7 Å². The molecule has 5 nitrogen and oxygen atoms in total. The summed E-state index contributed by atoms with van der Waals surface area (Å²) in [5, 5.41) is 6.89. The smallest absolute Gasteiger partial charge is 0.223 e. The first-order valence-corrected chi connectivity index (χ1v) is 7.21. The van der Waals surface area contributed by atoms with Gasteiger partial charge in [0.05, 0.1) is 6.20 Å². The van der Waals surface area contributed by atoms with Crippen LogP contribution < -0.4 is 0 Å². The highest BCUT2D eigenvalue weighted by molar-refractivity contribution is 5.97. The Balaban J connectivity index is 1.54. The van der Waals surface area contributed by atoms with E-state index in [4.69, 9.17) is 0 Å². The molecule has 22 heavy (non-hydrogen) atoms. The molecule has 0 aliphatic carbocycles. The van der Waals surface area contributed by atoms with Crippen molar-refractivity contribution in [3.05, 3.63) is 53.1 Å². The molecule has 1 amide bonds. The zero-order chi connectivity index (χ0) is 15.5. The largest absolute Gasteiger partial charge is 0.338 e. The summed E-state index contributed by atoms with van der Waals surface area (Å²) in [5.41, 5.74) is 2.54. The summed E-state index contributed by atoms with van der Waals surface area (Å²) in [4.78, 5) is 25.9. The van der Waals surface area contributed by atoms with Gasteiger partial charge in [-0.25, -0.2) is 4.39 Å². The van der Waals surface area contributed by atoms with Crippen molar-refractivity contribution in [3.8, 4) is 0 Å². The first kappa shape index (κ1) is 14.4. The van der Waals surface area contributed by atoms with Gasteiger partial charge in [0, 0.05) is 49.2 Å². The lowest BCUT2D eigenvalue weighted by Crippen LogP contribution is -2.35. The number of nitrogens with one attached hydrogen (secondary N) is 1. The Morgan fingerprint density at radius 3 is 2.77 bits per heavy atom. The van der Waals surface area contributed by atoms with E-state index in [1.807, 2.05) is 0 Å². The van der Waals surface area contributed by atoms with Crippen LogP contribution in [0.2, 0.25) is 0 Å². The molecule has 0 fully saturated rings. The van der Waals surface area contributed by atoms with Crippen molar-refractivity contribution >= 4 is 11.7 Å². The second kappa shape index (κ2) is 6.09. The quantitative estimate of drug-likeness (QED) is 0.879. The normalized spacial score (nSPS) is 13.8.